The molecule has 0 aliphatic rings. The number of anilines is 2. The Morgan fingerprint density at radius 2 is 1.91 bits per heavy atom. The van der Waals surface area contributed by atoms with Crippen molar-refractivity contribution in [3.63, 3.8) is 0 Å². The minimum atomic E-state index is -0.330. The molecule has 0 unspecified atom stereocenters. The summed E-state index contributed by atoms with van der Waals surface area (Å²) in [5.41, 5.74) is 17.1. The zero-order valence-electron chi connectivity index (χ0n) is 18.6. The molecule has 0 bridgehead atoms. The number of amidine groups is 1. The summed E-state index contributed by atoms with van der Waals surface area (Å²) in [6.07, 6.45) is 1.19. The predicted molar refractivity (Wildman–Crippen MR) is 130 cm³/mol. The maximum atomic E-state index is 13.2. The molecule has 0 fully saturated rings. The molecule has 0 aliphatic heterocycles. The fourth-order valence-electron chi connectivity index (χ4n) is 3.18. The number of amides is 1. The fourth-order valence-corrected chi connectivity index (χ4v) is 3.18. The van der Waals surface area contributed by atoms with Crippen LogP contribution in [0.4, 0.5) is 11.4 Å². The van der Waals surface area contributed by atoms with Crippen LogP contribution in [0.2, 0.25) is 0 Å². The van der Waals surface area contributed by atoms with Gasteiger partial charge in [0.05, 0.1) is 12.0 Å². The molecule has 3 rings (SSSR count). The Kier molecular flexibility index (Phi) is 7.47. The van der Waals surface area contributed by atoms with Crippen molar-refractivity contribution < 1.29 is 9.21 Å². The highest BCUT2D eigenvalue weighted by atomic mass is 16.3. The van der Waals surface area contributed by atoms with Gasteiger partial charge in [0, 0.05) is 37.0 Å². The van der Waals surface area contributed by atoms with Crippen molar-refractivity contribution in [3.05, 3.63) is 81.7 Å². The number of nitrogens with one attached hydrogen (secondary N) is 3. The first-order chi connectivity index (χ1) is 15.8. The number of hydrogen-bond donors (Lipinski definition) is 5. The SMILES string of the molecule is CCN(C)Nc1coc(-c2cccc(N)c2)c(CC(=O)NCc2ccc(C(=N)N)cc2)c1=O. The number of carbonyl (C=O) groups is 1. The molecule has 1 aromatic heterocycles. The number of nitrogen functional groups attached to an aromatic ring is 2. The summed E-state index contributed by atoms with van der Waals surface area (Å²) in [5.74, 6) is -0.0457. The van der Waals surface area contributed by atoms with E-state index < -0.39 is 0 Å². The van der Waals surface area contributed by atoms with Gasteiger partial charge in [0.1, 0.15) is 23.5 Å². The number of hydrazine groups is 1. The Morgan fingerprint density at radius 3 is 2.55 bits per heavy atom. The summed E-state index contributed by atoms with van der Waals surface area (Å²) in [6.45, 7) is 2.87. The van der Waals surface area contributed by atoms with Crippen LogP contribution in [0.3, 0.4) is 0 Å². The quantitative estimate of drug-likeness (QED) is 0.146. The lowest BCUT2D eigenvalue weighted by atomic mass is 10.0. The molecule has 172 valence electrons. The van der Waals surface area contributed by atoms with Gasteiger partial charge in [-0.25, -0.2) is 5.01 Å². The van der Waals surface area contributed by atoms with Gasteiger partial charge in [0.15, 0.2) is 0 Å². The first-order valence-electron chi connectivity index (χ1n) is 10.5. The summed E-state index contributed by atoms with van der Waals surface area (Å²) in [6, 6.07) is 14.0. The van der Waals surface area contributed by atoms with Gasteiger partial charge in [-0.05, 0) is 17.7 Å². The number of hydrogen-bond acceptors (Lipinski definition) is 7. The van der Waals surface area contributed by atoms with Gasteiger partial charge in [-0.15, -0.1) is 0 Å². The van der Waals surface area contributed by atoms with E-state index in [0.29, 0.717) is 29.1 Å². The predicted octanol–water partition coefficient (Wildman–Crippen LogP) is 2.31. The van der Waals surface area contributed by atoms with Crippen LogP contribution in [-0.2, 0) is 17.8 Å². The standard InChI is InChI=1S/C24H28N6O3/c1-3-30(2)29-20-14-33-23(17-5-4-6-18(25)11-17)19(22(20)32)12-21(31)28-13-15-7-9-16(10-8-15)24(26)27/h4-11,14,29H,3,12-13,25H2,1-2H3,(H3,26,27)(H,28,31). The highest BCUT2D eigenvalue weighted by molar-refractivity contribution is 5.94. The zero-order chi connectivity index (χ0) is 24.0. The molecular formula is C24H28N6O3. The molecular weight excluding hydrogens is 420 g/mol. The molecule has 0 radical (unpaired) electrons. The van der Waals surface area contributed by atoms with Crippen molar-refractivity contribution >= 4 is 23.1 Å². The summed E-state index contributed by atoms with van der Waals surface area (Å²) in [5, 5.41) is 12.0. The van der Waals surface area contributed by atoms with Crippen molar-refractivity contribution in [3.8, 4) is 11.3 Å². The van der Waals surface area contributed by atoms with E-state index in [1.165, 1.54) is 6.26 Å². The van der Waals surface area contributed by atoms with E-state index in [4.69, 9.17) is 21.3 Å². The van der Waals surface area contributed by atoms with Crippen LogP contribution < -0.4 is 27.6 Å². The van der Waals surface area contributed by atoms with Crippen molar-refractivity contribution in [2.45, 2.75) is 19.9 Å². The van der Waals surface area contributed by atoms with Gasteiger partial charge in [0.2, 0.25) is 11.3 Å². The molecule has 7 N–H and O–H groups in total. The van der Waals surface area contributed by atoms with Crippen LogP contribution in [0.25, 0.3) is 11.3 Å². The van der Waals surface area contributed by atoms with E-state index in [-0.39, 0.29) is 41.4 Å². The van der Waals surface area contributed by atoms with E-state index in [1.807, 2.05) is 6.92 Å². The number of nitrogens with two attached hydrogens (primary N) is 2. The molecule has 9 nitrogen and oxygen atoms in total. The molecule has 3 aromatic rings. The van der Waals surface area contributed by atoms with Crippen molar-refractivity contribution in [1.82, 2.24) is 10.3 Å². The Hall–Kier alpha value is -4.11. The largest absolute Gasteiger partial charge is 0.462 e. The Balaban J connectivity index is 1.85. The topological polar surface area (TPSA) is 150 Å². The van der Waals surface area contributed by atoms with Gasteiger partial charge < -0.3 is 26.6 Å². The van der Waals surface area contributed by atoms with Gasteiger partial charge in [-0.1, -0.05) is 43.3 Å². The highest BCUT2D eigenvalue weighted by Crippen LogP contribution is 2.25. The van der Waals surface area contributed by atoms with Gasteiger partial charge in [-0.3, -0.25) is 15.0 Å². The Morgan fingerprint density at radius 1 is 1.18 bits per heavy atom. The normalized spacial score (nSPS) is 10.8. The van der Waals surface area contributed by atoms with Gasteiger partial charge >= 0.3 is 0 Å². The third-order valence-corrected chi connectivity index (χ3v) is 5.11. The third-order valence-electron chi connectivity index (χ3n) is 5.11. The summed E-state index contributed by atoms with van der Waals surface area (Å²) >= 11 is 0. The summed E-state index contributed by atoms with van der Waals surface area (Å²) in [7, 11) is 1.80. The van der Waals surface area contributed by atoms with E-state index in [2.05, 4.69) is 10.7 Å². The van der Waals surface area contributed by atoms with E-state index in [0.717, 1.165) is 5.56 Å². The van der Waals surface area contributed by atoms with Crippen molar-refractivity contribution in [1.29, 1.82) is 5.41 Å². The lowest BCUT2D eigenvalue weighted by Crippen LogP contribution is -2.31. The zero-order valence-corrected chi connectivity index (χ0v) is 18.6. The maximum absolute atomic E-state index is 13.2. The van der Waals surface area contributed by atoms with E-state index >= 15 is 0 Å². The van der Waals surface area contributed by atoms with Crippen LogP contribution in [0.5, 0.6) is 0 Å². The first-order valence-corrected chi connectivity index (χ1v) is 10.5. The van der Waals surface area contributed by atoms with Crippen LogP contribution in [-0.4, -0.2) is 30.3 Å². The fraction of sp³-hybridized carbons (Fsp3) is 0.208. The second-order valence-corrected chi connectivity index (χ2v) is 7.60. The molecule has 2 aromatic carbocycles. The second-order valence-electron chi connectivity index (χ2n) is 7.60. The van der Waals surface area contributed by atoms with Crippen molar-refractivity contribution in [2.75, 3.05) is 24.8 Å². The lowest BCUT2D eigenvalue weighted by molar-refractivity contribution is -0.120. The number of nitrogens with zero attached hydrogens (tertiary/aromatic N) is 1. The minimum Gasteiger partial charge on any atom is -0.462 e. The van der Waals surface area contributed by atoms with Gasteiger partial charge in [0.25, 0.3) is 0 Å². The average Bonchev–Trinajstić information content (AvgIpc) is 2.80. The molecule has 9 heteroatoms. The van der Waals surface area contributed by atoms with Crippen LogP contribution in [0, 0.1) is 5.41 Å². The number of rotatable bonds is 9. The molecule has 33 heavy (non-hydrogen) atoms. The maximum Gasteiger partial charge on any atom is 0.224 e. The van der Waals surface area contributed by atoms with Crippen LogP contribution in [0.15, 0.2) is 64.0 Å². The summed E-state index contributed by atoms with van der Waals surface area (Å²) in [4.78, 5) is 26.0. The lowest BCUT2D eigenvalue weighted by Gasteiger charge is -2.17. The molecule has 0 atom stereocenters. The average molecular weight is 449 g/mol. The summed E-state index contributed by atoms with van der Waals surface area (Å²) < 4.78 is 5.80. The van der Waals surface area contributed by atoms with E-state index in [9.17, 15) is 9.59 Å². The Labute approximate surface area is 191 Å². The smallest absolute Gasteiger partial charge is 0.224 e. The molecule has 0 saturated heterocycles. The Bertz CT molecular complexity index is 1200. The highest BCUT2D eigenvalue weighted by Gasteiger charge is 2.19. The van der Waals surface area contributed by atoms with Crippen LogP contribution >= 0.6 is 0 Å². The molecule has 0 spiro atoms. The van der Waals surface area contributed by atoms with E-state index in [1.54, 1.807) is 60.6 Å². The monoisotopic (exact) mass is 448 g/mol. The number of benzene rings is 2. The third kappa shape index (κ3) is 5.98. The molecule has 1 amide bonds. The van der Waals surface area contributed by atoms with Crippen molar-refractivity contribution in [2.24, 2.45) is 5.73 Å². The van der Waals surface area contributed by atoms with Crippen LogP contribution in [0.1, 0.15) is 23.6 Å². The first kappa shape index (κ1) is 23.6. The minimum absolute atomic E-state index is 0.0198. The molecule has 1 heterocycles. The number of carbonyl (C=O) groups excluding carboxylic acids is 1. The molecule has 0 saturated carbocycles. The van der Waals surface area contributed by atoms with Gasteiger partial charge in [-0.2, -0.15) is 0 Å². The second kappa shape index (κ2) is 10.5. The molecule has 0 aliphatic carbocycles.